The zero-order valence-electron chi connectivity index (χ0n) is 37.0. The molecule has 68 heavy (non-hydrogen) atoms. The molecule has 3 heteroatoms. The Kier molecular flexibility index (Phi) is 8.41. The van der Waals surface area contributed by atoms with Gasteiger partial charge in [0.2, 0.25) is 0 Å². The highest BCUT2D eigenvalue weighted by Gasteiger charge is 2.58. The normalized spacial score (nSPS) is 13.8. The monoisotopic (exact) mass is 863 g/mol. The Morgan fingerprint density at radius 1 is 0.191 bits per heavy atom. The summed E-state index contributed by atoms with van der Waals surface area (Å²) < 4.78 is 0. The van der Waals surface area contributed by atoms with Crippen molar-refractivity contribution >= 4 is 0 Å². The van der Waals surface area contributed by atoms with Gasteiger partial charge < -0.3 is 0 Å². The first-order valence-electron chi connectivity index (χ1n) is 23.4. The number of fused-ring (bicyclic) bond motifs is 16. The second kappa shape index (κ2) is 14.9. The van der Waals surface area contributed by atoms with Crippen LogP contribution in [0.3, 0.4) is 0 Å². The van der Waals surface area contributed by atoms with Crippen LogP contribution in [-0.4, -0.2) is 15.0 Å². The van der Waals surface area contributed by atoms with E-state index in [1.54, 1.807) is 0 Å². The smallest absolute Gasteiger partial charge is 0.164 e. The highest BCUT2D eigenvalue weighted by Crippen LogP contribution is 2.67. The molecule has 0 N–H and O–H groups in total. The van der Waals surface area contributed by atoms with Gasteiger partial charge in [-0.05, 0) is 101 Å². The molecule has 0 saturated carbocycles. The van der Waals surface area contributed by atoms with Gasteiger partial charge in [-0.15, -0.1) is 0 Å². The van der Waals surface area contributed by atoms with Crippen LogP contribution >= 0.6 is 0 Å². The maximum Gasteiger partial charge on any atom is 0.164 e. The van der Waals surface area contributed by atoms with Gasteiger partial charge in [0, 0.05) is 16.7 Å². The topological polar surface area (TPSA) is 38.7 Å². The van der Waals surface area contributed by atoms with Crippen LogP contribution in [0.25, 0.3) is 78.7 Å². The van der Waals surface area contributed by atoms with Crippen molar-refractivity contribution in [2.45, 2.75) is 10.8 Å². The zero-order chi connectivity index (χ0) is 44.8. The van der Waals surface area contributed by atoms with Gasteiger partial charge in [0.25, 0.3) is 0 Å². The van der Waals surface area contributed by atoms with E-state index in [2.05, 4.69) is 224 Å². The van der Waals surface area contributed by atoms with Crippen molar-refractivity contribution in [1.29, 1.82) is 0 Å². The first-order valence-corrected chi connectivity index (χ1v) is 23.4. The summed E-state index contributed by atoms with van der Waals surface area (Å²) in [6.07, 6.45) is 0. The minimum Gasteiger partial charge on any atom is -0.208 e. The molecule has 3 nitrogen and oxygen atoms in total. The fourth-order valence-corrected chi connectivity index (χ4v) is 12.0. The Bertz CT molecular complexity index is 3710. The van der Waals surface area contributed by atoms with Crippen molar-refractivity contribution < 1.29 is 0 Å². The van der Waals surface area contributed by atoms with Crippen LogP contribution in [0.2, 0.25) is 0 Å². The number of aromatic nitrogens is 3. The van der Waals surface area contributed by atoms with E-state index < -0.39 is 10.8 Å². The molecule has 2 spiro atoms. The van der Waals surface area contributed by atoms with E-state index in [9.17, 15) is 0 Å². The van der Waals surface area contributed by atoms with Crippen LogP contribution in [0.1, 0.15) is 44.5 Å². The summed E-state index contributed by atoms with van der Waals surface area (Å²) in [6, 6.07) is 90.9. The fourth-order valence-electron chi connectivity index (χ4n) is 12.0. The lowest BCUT2D eigenvalue weighted by molar-refractivity contribution is 0.633. The number of nitrogens with zero attached hydrogens (tertiary/aromatic N) is 3. The van der Waals surface area contributed by atoms with Gasteiger partial charge in [0.05, 0.1) is 10.8 Å². The third-order valence-corrected chi connectivity index (χ3v) is 14.8. The van der Waals surface area contributed by atoms with E-state index in [-0.39, 0.29) is 0 Å². The molecular weight excluding hydrogens is 823 g/mol. The first-order chi connectivity index (χ1) is 33.7. The summed E-state index contributed by atoms with van der Waals surface area (Å²) >= 11 is 0. The SMILES string of the molecule is c1ccc(-c2cccc(-c3nc(-c4ccccc4)nc(-c4ccc(-c5ccc6c(c5)C5(c7ccccc7-c7ccccc75)c5ccccc5C65c6ccccc6-c6ccccc65)cc4)n3)c2)cc1. The third-order valence-electron chi connectivity index (χ3n) is 14.8. The molecule has 316 valence electrons. The minimum atomic E-state index is -0.556. The summed E-state index contributed by atoms with van der Waals surface area (Å²) in [7, 11) is 0. The number of rotatable bonds is 5. The van der Waals surface area contributed by atoms with Gasteiger partial charge in [0.1, 0.15) is 0 Å². The number of benzene rings is 10. The quantitative estimate of drug-likeness (QED) is 0.173. The lowest BCUT2D eigenvalue weighted by atomic mass is 9.52. The molecule has 0 bridgehead atoms. The van der Waals surface area contributed by atoms with Crippen molar-refractivity contribution in [3.63, 3.8) is 0 Å². The molecule has 0 fully saturated rings. The minimum absolute atomic E-state index is 0.521. The standard InChI is InChI=1S/C65H41N3/c1-3-18-42(19-4-1)46-22-17-23-48(40-46)63-67-61(44-20-5-2-6-21-44)66-62(68-63)45-36-34-43(35-37-45)47-38-39-59-60(41-47)65(55-30-13-9-26-51(55)52-27-10-14-31-56(52)65)58-33-16-15-32-57(58)64(59)53-28-11-7-24-49(53)50-25-8-12-29-54(50)64/h1-41H. The number of hydrogen-bond acceptors (Lipinski definition) is 3. The number of hydrogen-bond donors (Lipinski definition) is 0. The molecule has 0 aliphatic heterocycles. The average Bonchev–Trinajstić information content (AvgIpc) is 3.89. The molecule has 14 rings (SSSR count). The van der Waals surface area contributed by atoms with E-state index in [0.29, 0.717) is 17.5 Å². The Labute approximate surface area is 395 Å². The van der Waals surface area contributed by atoms with Crippen molar-refractivity contribution in [1.82, 2.24) is 15.0 Å². The molecule has 1 aromatic heterocycles. The highest BCUT2D eigenvalue weighted by atomic mass is 15.0. The molecule has 0 amide bonds. The van der Waals surface area contributed by atoms with Gasteiger partial charge in [-0.1, -0.05) is 237 Å². The lowest BCUT2D eigenvalue weighted by Crippen LogP contribution is -2.43. The second-order valence-corrected chi connectivity index (χ2v) is 18.2. The Morgan fingerprint density at radius 3 is 1.01 bits per heavy atom. The van der Waals surface area contributed by atoms with Crippen LogP contribution < -0.4 is 0 Å². The summed E-state index contributed by atoms with van der Waals surface area (Å²) in [5.74, 6) is 1.91. The molecule has 0 unspecified atom stereocenters. The summed E-state index contributed by atoms with van der Waals surface area (Å²) in [5, 5.41) is 0. The predicted molar refractivity (Wildman–Crippen MR) is 275 cm³/mol. The molecule has 0 saturated heterocycles. The molecule has 11 aromatic rings. The second-order valence-electron chi connectivity index (χ2n) is 18.2. The molecule has 3 aliphatic carbocycles. The van der Waals surface area contributed by atoms with Crippen molar-refractivity contribution in [2.24, 2.45) is 0 Å². The molecular formula is C65H41N3. The first kappa shape index (κ1) is 38.5. The predicted octanol–water partition coefficient (Wildman–Crippen LogP) is 15.2. The molecule has 3 aliphatic rings. The van der Waals surface area contributed by atoms with Crippen LogP contribution in [0, 0.1) is 0 Å². The molecule has 0 radical (unpaired) electrons. The van der Waals surface area contributed by atoms with Crippen LogP contribution in [0.4, 0.5) is 0 Å². The van der Waals surface area contributed by atoms with Crippen molar-refractivity contribution in [3.8, 4) is 78.7 Å². The van der Waals surface area contributed by atoms with Crippen LogP contribution in [0.15, 0.2) is 249 Å². The van der Waals surface area contributed by atoms with Gasteiger partial charge in [-0.25, -0.2) is 15.0 Å². The van der Waals surface area contributed by atoms with E-state index in [1.165, 1.54) is 66.8 Å². The maximum absolute atomic E-state index is 5.16. The van der Waals surface area contributed by atoms with Crippen LogP contribution in [-0.2, 0) is 10.8 Å². The van der Waals surface area contributed by atoms with E-state index in [1.807, 2.05) is 24.3 Å². The van der Waals surface area contributed by atoms with Gasteiger partial charge >= 0.3 is 0 Å². The lowest BCUT2D eigenvalue weighted by Gasteiger charge is -2.49. The van der Waals surface area contributed by atoms with Gasteiger partial charge in [-0.2, -0.15) is 0 Å². The van der Waals surface area contributed by atoms with Crippen molar-refractivity contribution in [3.05, 3.63) is 293 Å². The summed E-state index contributed by atoms with van der Waals surface area (Å²) in [5.41, 5.74) is 22.1. The zero-order valence-corrected chi connectivity index (χ0v) is 37.0. The summed E-state index contributed by atoms with van der Waals surface area (Å²) in [6.45, 7) is 0. The highest BCUT2D eigenvalue weighted by molar-refractivity contribution is 5.94. The average molecular weight is 864 g/mol. The van der Waals surface area contributed by atoms with Gasteiger partial charge in [0.15, 0.2) is 17.5 Å². The largest absolute Gasteiger partial charge is 0.208 e. The molecule has 1 heterocycles. The third kappa shape index (κ3) is 5.39. The molecule has 0 atom stereocenters. The van der Waals surface area contributed by atoms with Crippen molar-refractivity contribution in [2.75, 3.05) is 0 Å². The Balaban J connectivity index is 0.966. The summed E-state index contributed by atoms with van der Waals surface area (Å²) in [4.78, 5) is 15.3. The Hall–Kier alpha value is -8.79. The van der Waals surface area contributed by atoms with E-state index >= 15 is 0 Å². The maximum atomic E-state index is 5.16. The molecule has 10 aromatic carbocycles. The fraction of sp³-hybridized carbons (Fsp3) is 0.0308. The van der Waals surface area contributed by atoms with E-state index in [0.717, 1.165) is 38.9 Å². The van der Waals surface area contributed by atoms with Crippen LogP contribution in [0.5, 0.6) is 0 Å². The Morgan fingerprint density at radius 2 is 0.500 bits per heavy atom. The van der Waals surface area contributed by atoms with Gasteiger partial charge in [-0.3, -0.25) is 0 Å². The van der Waals surface area contributed by atoms with E-state index in [4.69, 9.17) is 15.0 Å².